The van der Waals surface area contributed by atoms with Crippen LogP contribution < -0.4 is 15.1 Å². The zero-order valence-corrected chi connectivity index (χ0v) is 17.0. The van der Waals surface area contributed by atoms with Gasteiger partial charge in [0.15, 0.2) is 5.43 Å². The van der Waals surface area contributed by atoms with E-state index in [4.69, 9.17) is 20.8 Å². The molecule has 1 aliphatic heterocycles. The average Bonchev–Trinajstić information content (AvgIpc) is 3.07. The molecule has 0 spiro atoms. The maximum Gasteiger partial charge on any atom is 0.295 e. The number of para-hydroxylation sites is 1. The zero-order chi connectivity index (χ0) is 21.7. The van der Waals surface area contributed by atoms with Crippen LogP contribution in [0.25, 0.3) is 11.0 Å². The Morgan fingerprint density at radius 1 is 1.03 bits per heavy atom. The van der Waals surface area contributed by atoms with Gasteiger partial charge >= 0.3 is 0 Å². The van der Waals surface area contributed by atoms with E-state index in [2.05, 4.69) is 0 Å². The topological polar surface area (TPSA) is 59.8 Å². The Bertz CT molecular complexity index is 1400. The zero-order valence-electron chi connectivity index (χ0n) is 16.3. The van der Waals surface area contributed by atoms with Crippen molar-refractivity contribution < 1.29 is 18.3 Å². The van der Waals surface area contributed by atoms with E-state index in [0.29, 0.717) is 33.0 Å². The summed E-state index contributed by atoms with van der Waals surface area (Å²) in [6, 6.07) is 16.6. The van der Waals surface area contributed by atoms with E-state index in [-0.39, 0.29) is 16.8 Å². The van der Waals surface area contributed by atoms with E-state index in [1.807, 2.05) is 0 Å². The van der Waals surface area contributed by atoms with Crippen molar-refractivity contribution in [3.63, 3.8) is 0 Å². The monoisotopic (exact) mass is 435 g/mol. The Kier molecular flexibility index (Phi) is 4.52. The van der Waals surface area contributed by atoms with Crippen molar-refractivity contribution in [2.75, 3.05) is 12.0 Å². The molecule has 5 rings (SSSR count). The van der Waals surface area contributed by atoms with Gasteiger partial charge < -0.3 is 9.15 Å². The van der Waals surface area contributed by atoms with Gasteiger partial charge in [0, 0.05) is 5.69 Å². The fraction of sp³-hybridized carbons (Fsp3) is 0.0833. The lowest BCUT2D eigenvalue weighted by Gasteiger charge is -2.25. The number of methoxy groups -OCH3 is 1. The van der Waals surface area contributed by atoms with Crippen LogP contribution in [0.5, 0.6) is 5.75 Å². The number of anilines is 1. The second-order valence-corrected chi connectivity index (χ2v) is 7.53. The molecular weight excluding hydrogens is 421 g/mol. The number of ether oxygens (including phenoxy) is 1. The van der Waals surface area contributed by atoms with Gasteiger partial charge in [0.2, 0.25) is 5.76 Å². The largest absolute Gasteiger partial charge is 0.495 e. The molecule has 7 heteroatoms. The third-order valence-electron chi connectivity index (χ3n) is 5.38. The van der Waals surface area contributed by atoms with Gasteiger partial charge in [0.25, 0.3) is 5.91 Å². The van der Waals surface area contributed by atoms with Crippen molar-refractivity contribution in [1.29, 1.82) is 0 Å². The van der Waals surface area contributed by atoms with E-state index >= 15 is 0 Å². The van der Waals surface area contributed by atoms with Crippen LogP contribution in [0.3, 0.4) is 0 Å². The van der Waals surface area contributed by atoms with Crippen molar-refractivity contribution in [2.24, 2.45) is 0 Å². The number of hydrogen-bond donors (Lipinski definition) is 0. The molecule has 0 radical (unpaired) electrons. The van der Waals surface area contributed by atoms with Gasteiger partial charge in [0.05, 0.1) is 29.1 Å². The van der Waals surface area contributed by atoms with Crippen LogP contribution in [0.1, 0.15) is 27.7 Å². The lowest BCUT2D eigenvalue weighted by Crippen LogP contribution is -2.29. The molecule has 0 fully saturated rings. The maximum atomic E-state index is 13.6. The SMILES string of the molecule is COc1ccc(N2C(=O)c3oc4ccccc4c(=O)c3C2c2ccc(F)cc2)cc1Cl. The van der Waals surface area contributed by atoms with Crippen LogP contribution in [-0.4, -0.2) is 13.0 Å². The summed E-state index contributed by atoms with van der Waals surface area (Å²) in [5, 5.41) is 0.682. The third-order valence-corrected chi connectivity index (χ3v) is 5.67. The third kappa shape index (κ3) is 2.99. The molecule has 1 amide bonds. The molecule has 31 heavy (non-hydrogen) atoms. The summed E-state index contributed by atoms with van der Waals surface area (Å²) in [6.07, 6.45) is 0. The van der Waals surface area contributed by atoms with Crippen molar-refractivity contribution in [3.05, 3.63) is 105 Å². The quantitative estimate of drug-likeness (QED) is 0.435. The number of rotatable bonds is 3. The van der Waals surface area contributed by atoms with Crippen molar-refractivity contribution in [1.82, 2.24) is 0 Å². The number of carbonyl (C=O) groups excluding carboxylic acids is 1. The number of carbonyl (C=O) groups is 1. The summed E-state index contributed by atoms with van der Waals surface area (Å²) in [5.41, 5.74) is 1.26. The molecule has 1 aromatic heterocycles. The predicted octanol–water partition coefficient (Wildman–Crippen LogP) is 5.34. The molecule has 0 N–H and O–H groups in total. The molecule has 4 aromatic rings. The smallest absolute Gasteiger partial charge is 0.295 e. The minimum atomic E-state index is -0.798. The van der Waals surface area contributed by atoms with E-state index in [1.54, 1.807) is 54.6 Å². The number of benzene rings is 3. The van der Waals surface area contributed by atoms with Crippen LogP contribution in [-0.2, 0) is 0 Å². The van der Waals surface area contributed by atoms with Crippen LogP contribution >= 0.6 is 11.6 Å². The van der Waals surface area contributed by atoms with Crippen LogP contribution in [0.15, 0.2) is 75.9 Å². The molecule has 0 saturated carbocycles. The van der Waals surface area contributed by atoms with Gasteiger partial charge in [-0.25, -0.2) is 4.39 Å². The van der Waals surface area contributed by atoms with Crippen LogP contribution in [0.4, 0.5) is 10.1 Å². The fourth-order valence-corrected chi connectivity index (χ4v) is 4.20. The summed E-state index contributed by atoms with van der Waals surface area (Å²) in [4.78, 5) is 28.3. The number of halogens is 2. The Balaban J connectivity index is 1.79. The van der Waals surface area contributed by atoms with E-state index in [1.165, 1.54) is 24.1 Å². The first-order valence-corrected chi connectivity index (χ1v) is 9.85. The molecule has 1 unspecified atom stereocenters. The Hall–Kier alpha value is -3.64. The number of nitrogens with zero attached hydrogens (tertiary/aromatic N) is 1. The van der Waals surface area contributed by atoms with Crippen LogP contribution in [0, 0.1) is 5.82 Å². The molecule has 1 atom stereocenters. The lowest BCUT2D eigenvalue weighted by molar-refractivity contribution is 0.0971. The van der Waals surface area contributed by atoms with E-state index < -0.39 is 17.8 Å². The molecule has 0 saturated heterocycles. The standard InChI is InChI=1S/C24H15ClFNO4/c1-30-19-11-10-15(12-17(19)25)27-21(13-6-8-14(26)9-7-13)20-22(28)16-4-2-3-5-18(16)31-23(20)24(27)29/h2-12,21H,1H3. The minimum absolute atomic E-state index is 0.0371. The fourth-order valence-electron chi connectivity index (χ4n) is 3.95. The Morgan fingerprint density at radius 2 is 1.77 bits per heavy atom. The first-order valence-electron chi connectivity index (χ1n) is 9.48. The highest BCUT2D eigenvalue weighted by Crippen LogP contribution is 2.42. The number of amides is 1. The van der Waals surface area contributed by atoms with Crippen molar-refractivity contribution in [2.45, 2.75) is 6.04 Å². The highest BCUT2D eigenvalue weighted by Gasteiger charge is 2.43. The Morgan fingerprint density at radius 3 is 2.48 bits per heavy atom. The normalized spacial score (nSPS) is 15.4. The molecule has 1 aliphatic rings. The van der Waals surface area contributed by atoms with Crippen molar-refractivity contribution in [3.8, 4) is 5.75 Å². The summed E-state index contributed by atoms with van der Waals surface area (Å²) in [6.45, 7) is 0. The number of hydrogen-bond acceptors (Lipinski definition) is 4. The minimum Gasteiger partial charge on any atom is -0.495 e. The summed E-state index contributed by atoms with van der Waals surface area (Å²) < 4.78 is 24.7. The summed E-state index contributed by atoms with van der Waals surface area (Å²) in [5.74, 6) is -0.482. The predicted molar refractivity (Wildman–Crippen MR) is 116 cm³/mol. The molecule has 0 aliphatic carbocycles. The molecule has 0 bridgehead atoms. The van der Waals surface area contributed by atoms with Crippen LogP contribution in [0.2, 0.25) is 5.02 Å². The summed E-state index contributed by atoms with van der Waals surface area (Å²) >= 11 is 6.30. The van der Waals surface area contributed by atoms with Gasteiger partial charge in [-0.1, -0.05) is 35.9 Å². The Labute approximate surface area is 181 Å². The first-order chi connectivity index (χ1) is 15.0. The second kappa shape index (κ2) is 7.25. The van der Waals surface area contributed by atoms with E-state index in [0.717, 1.165) is 0 Å². The number of fused-ring (bicyclic) bond motifs is 2. The lowest BCUT2D eigenvalue weighted by atomic mass is 9.98. The van der Waals surface area contributed by atoms with Crippen molar-refractivity contribution >= 4 is 34.2 Å². The molecule has 154 valence electrons. The van der Waals surface area contributed by atoms with Gasteiger partial charge in [-0.2, -0.15) is 0 Å². The van der Waals surface area contributed by atoms with Gasteiger partial charge in [0.1, 0.15) is 17.1 Å². The van der Waals surface area contributed by atoms with E-state index in [9.17, 15) is 14.0 Å². The molecule has 2 heterocycles. The molecule has 3 aromatic carbocycles. The molecular formula is C24H15ClFNO4. The van der Waals surface area contributed by atoms with Gasteiger partial charge in [-0.3, -0.25) is 14.5 Å². The average molecular weight is 436 g/mol. The molecule has 5 nitrogen and oxygen atoms in total. The summed E-state index contributed by atoms with van der Waals surface area (Å²) in [7, 11) is 1.49. The maximum absolute atomic E-state index is 13.6. The highest BCUT2D eigenvalue weighted by molar-refractivity contribution is 6.32. The van der Waals surface area contributed by atoms with Gasteiger partial charge in [-0.05, 0) is 48.0 Å². The first kappa shape index (κ1) is 19.3. The second-order valence-electron chi connectivity index (χ2n) is 7.12. The van der Waals surface area contributed by atoms with Gasteiger partial charge in [-0.15, -0.1) is 0 Å². The highest BCUT2D eigenvalue weighted by atomic mass is 35.5.